The number of aliphatic hydroxyl groups is 1. The van der Waals surface area contributed by atoms with Gasteiger partial charge < -0.3 is 30.1 Å². The zero-order chi connectivity index (χ0) is 32.4. The Bertz CT molecular complexity index is 1920. The normalized spacial score (nSPS) is 22.9. The van der Waals surface area contributed by atoms with Crippen LogP contribution < -0.4 is 15.4 Å². The molecule has 4 aliphatic heterocycles. The molecule has 0 radical (unpaired) electrons. The summed E-state index contributed by atoms with van der Waals surface area (Å²) >= 11 is 1.18. The van der Waals surface area contributed by atoms with Crippen molar-refractivity contribution in [3.05, 3.63) is 40.5 Å². The van der Waals surface area contributed by atoms with Crippen molar-refractivity contribution in [2.24, 2.45) is 0 Å². The number of piperazine rings is 1. The van der Waals surface area contributed by atoms with E-state index in [0.717, 1.165) is 63.8 Å². The summed E-state index contributed by atoms with van der Waals surface area (Å²) in [5, 5.41) is 20.5. The fraction of sp³-hybridized carbons (Fsp3) is 0.500. The number of fused-ring (bicyclic) bond motifs is 6. The number of ether oxygens (including phenoxy) is 2. The molecule has 2 aromatic heterocycles. The first-order chi connectivity index (χ1) is 22.9. The molecule has 2 unspecified atom stereocenters. The molecule has 2 bridgehead atoms. The number of likely N-dealkylation sites (tertiary alicyclic amines) is 2. The Labute approximate surface area is 275 Å². The van der Waals surface area contributed by atoms with E-state index < -0.39 is 11.6 Å². The highest BCUT2D eigenvalue weighted by molar-refractivity contribution is 7.23. The van der Waals surface area contributed by atoms with E-state index in [1.54, 1.807) is 6.07 Å². The van der Waals surface area contributed by atoms with Gasteiger partial charge in [0.1, 0.15) is 34.8 Å². The van der Waals surface area contributed by atoms with Crippen LogP contribution in [0, 0.1) is 23.0 Å². The number of halogens is 2. The Balaban J connectivity index is 1.34. The van der Waals surface area contributed by atoms with Crippen molar-refractivity contribution in [2.45, 2.75) is 63.4 Å². The number of benzene rings is 2. The third kappa shape index (κ3) is 5.00. The van der Waals surface area contributed by atoms with E-state index in [-0.39, 0.29) is 71.2 Å². The van der Waals surface area contributed by atoms with Crippen molar-refractivity contribution >= 4 is 43.1 Å². The predicted octanol–water partition coefficient (Wildman–Crippen LogP) is 4.78. The van der Waals surface area contributed by atoms with Gasteiger partial charge in [0.2, 0.25) is 0 Å². The minimum Gasteiger partial charge on any atom is -0.462 e. The van der Waals surface area contributed by atoms with Gasteiger partial charge in [-0.3, -0.25) is 4.90 Å². The summed E-state index contributed by atoms with van der Waals surface area (Å²) in [5.74, 6) is -0.710. The molecule has 6 heterocycles. The molecule has 4 aliphatic rings. The summed E-state index contributed by atoms with van der Waals surface area (Å²) in [7, 11) is 2.07. The van der Waals surface area contributed by atoms with Crippen molar-refractivity contribution < 1.29 is 23.4 Å². The van der Waals surface area contributed by atoms with Crippen LogP contribution in [0.5, 0.6) is 6.01 Å². The number of nitrogens with zero attached hydrogens (tertiary/aromatic N) is 6. The van der Waals surface area contributed by atoms with Gasteiger partial charge in [0.25, 0.3) is 0 Å². The molecular weight excluding hydrogens is 624 g/mol. The molecule has 0 spiro atoms. The van der Waals surface area contributed by atoms with Crippen LogP contribution in [0.4, 0.5) is 19.6 Å². The van der Waals surface area contributed by atoms with Gasteiger partial charge in [-0.25, -0.2) is 8.78 Å². The third-order valence-electron chi connectivity index (χ3n) is 10.5. The van der Waals surface area contributed by atoms with Crippen molar-refractivity contribution in [2.75, 3.05) is 57.1 Å². The predicted molar refractivity (Wildman–Crippen MR) is 176 cm³/mol. The molecule has 47 heavy (non-hydrogen) atoms. The van der Waals surface area contributed by atoms with E-state index in [9.17, 15) is 10.4 Å². The quantitative estimate of drug-likeness (QED) is 0.273. The standard InChI is InChI=1S/C34H37F2N7O3S/c1-41-9-2-4-20(41)15-46-34-39-31-28(33(40-34)43-18-5-6-19(43)14-42(13-18)10-3-11-44)23-17-45-16-22(23)27(30(31)36)29-24(35)7-8-25-26(29)21(12-37)32(38)47-25/h7-8,18-20,44H,2-6,9-11,13-17,38H2,1H3/t18?,19?,20-/m0/s1. The molecule has 0 aliphatic carbocycles. The van der Waals surface area contributed by atoms with E-state index in [0.29, 0.717) is 33.5 Å². The fourth-order valence-electron chi connectivity index (χ4n) is 8.22. The molecule has 3 fully saturated rings. The Morgan fingerprint density at radius 2 is 1.89 bits per heavy atom. The molecule has 3 N–H and O–H groups in total. The van der Waals surface area contributed by atoms with Crippen molar-refractivity contribution in [3.63, 3.8) is 0 Å². The number of thiophene rings is 1. The number of nitrogens with two attached hydrogens (primary N) is 1. The molecular formula is C34H37F2N7O3S. The van der Waals surface area contributed by atoms with E-state index in [1.807, 2.05) is 0 Å². The lowest BCUT2D eigenvalue weighted by molar-refractivity contribution is 0.135. The van der Waals surface area contributed by atoms with Gasteiger partial charge in [-0.2, -0.15) is 15.2 Å². The second-order valence-corrected chi connectivity index (χ2v) is 14.2. The number of rotatable bonds is 8. The van der Waals surface area contributed by atoms with Gasteiger partial charge in [-0.1, -0.05) is 0 Å². The Kier molecular flexibility index (Phi) is 7.89. The molecule has 13 heteroatoms. The number of likely N-dealkylation sites (N-methyl/N-ethyl adjacent to an activating group) is 1. The minimum atomic E-state index is -0.690. The van der Waals surface area contributed by atoms with Gasteiger partial charge in [0.15, 0.2) is 5.82 Å². The maximum absolute atomic E-state index is 17.4. The van der Waals surface area contributed by atoms with Crippen LogP contribution in [-0.2, 0) is 18.0 Å². The maximum Gasteiger partial charge on any atom is 0.319 e. The van der Waals surface area contributed by atoms with Gasteiger partial charge in [-0.15, -0.1) is 11.3 Å². The van der Waals surface area contributed by atoms with E-state index in [1.165, 1.54) is 17.4 Å². The molecule has 0 amide bonds. The number of hydrogen-bond donors (Lipinski definition) is 2. The molecule has 8 rings (SSSR count). The Hall–Kier alpha value is -3.67. The molecule has 3 atom stereocenters. The summed E-state index contributed by atoms with van der Waals surface area (Å²) in [6, 6.07) is 5.59. The van der Waals surface area contributed by atoms with Crippen LogP contribution in [0.1, 0.15) is 48.8 Å². The highest BCUT2D eigenvalue weighted by Crippen LogP contribution is 2.49. The number of anilines is 2. The molecule has 2 aromatic carbocycles. The average Bonchev–Trinajstić information content (AvgIpc) is 3.84. The zero-order valence-electron chi connectivity index (χ0n) is 26.3. The first-order valence-electron chi connectivity index (χ1n) is 16.4. The van der Waals surface area contributed by atoms with Crippen molar-refractivity contribution in [1.29, 1.82) is 5.26 Å². The van der Waals surface area contributed by atoms with Crippen molar-refractivity contribution in [1.82, 2.24) is 19.8 Å². The van der Waals surface area contributed by atoms with Crippen LogP contribution in [-0.4, -0.2) is 89.4 Å². The van der Waals surface area contributed by atoms with Crippen LogP contribution in [0.15, 0.2) is 12.1 Å². The van der Waals surface area contributed by atoms with E-state index in [4.69, 9.17) is 25.2 Å². The minimum absolute atomic E-state index is 0.000859. The maximum atomic E-state index is 17.4. The first-order valence-corrected chi connectivity index (χ1v) is 17.2. The second kappa shape index (κ2) is 12.1. The SMILES string of the molecule is CN1CCC[C@H]1COc1nc(N2C3CCC2CN(CCCO)C3)c2c3c(c(-c4c(F)ccc5sc(N)c(C#N)c45)c(F)c2n1)COC3. The lowest BCUT2D eigenvalue weighted by Gasteiger charge is -2.42. The van der Waals surface area contributed by atoms with Gasteiger partial charge in [0.05, 0.1) is 24.2 Å². The summed E-state index contributed by atoms with van der Waals surface area (Å²) < 4.78 is 46.1. The lowest BCUT2D eigenvalue weighted by atomic mass is 9.90. The van der Waals surface area contributed by atoms with Crippen molar-refractivity contribution in [3.8, 4) is 23.2 Å². The molecule has 3 saturated heterocycles. The largest absolute Gasteiger partial charge is 0.462 e. The average molecular weight is 662 g/mol. The van der Waals surface area contributed by atoms with Crippen LogP contribution >= 0.6 is 11.3 Å². The van der Waals surface area contributed by atoms with Gasteiger partial charge in [0, 0.05) is 65.6 Å². The second-order valence-electron chi connectivity index (χ2n) is 13.2. The Morgan fingerprint density at radius 1 is 1.11 bits per heavy atom. The lowest BCUT2D eigenvalue weighted by Crippen LogP contribution is -2.54. The summed E-state index contributed by atoms with van der Waals surface area (Å²) in [4.78, 5) is 16.7. The highest BCUT2D eigenvalue weighted by atomic mass is 32.1. The summed E-state index contributed by atoms with van der Waals surface area (Å²) in [6.07, 6.45) is 4.73. The zero-order valence-corrected chi connectivity index (χ0v) is 27.1. The third-order valence-corrected chi connectivity index (χ3v) is 11.4. The van der Waals surface area contributed by atoms with Crippen LogP contribution in [0.3, 0.4) is 0 Å². The molecule has 4 aromatic rings. The fourth-order valence-corrected chi connectivity index (χ4v) is 9.15. The summed E-state index contributed by atoms with van der Waals surface area (Å²) in [6.45, 7) is 4.24. The topological polar surface area (TPSA) is 124 Å². The smallest absolute Gasteiger partial charge is 0.319 e. The molecule has 246 valence electrons. The van der Waals surface area contributed by atoms with Gasteiger partial charge >= 0.3 is 6.01 Å². The molecule has 10 nitrogen and oxygen atoms in total. The number of aliphatic hydroxyl groups excluding tert-OH is 1. The first kappa shape index (κ1) is 30.7. The Morgan fingerprint density at radius 3 is 2.62 bits per heavy atom. The number of nitriles is 1. The summed E-state index contributed by atoms with van der Waals surface area (Å²) in [5.41, 5.74) is 7.69. The number of nitrogen functional groups attached to an aromatic ring is 1. The molecule has 0 saturated carbocycles. The highest BCUT2D eigenvalue weighted by Gasteiger charge is 2.43. The van der Waals surface area contributed by atoms with E-state index in [2.05, 4.69) is 27.8 Å². The van der Waals surface area contributed by atoms with E-state index >= 15 is 8.78 Å². The van der Waals surface area contributed by atoms with Gasteiger partial charge in [-0.05, 0) is 69.0 Å². The monoisotopic (exact) mass is 661 g/mol. The van der Waals surface area contributed by atoms with Crippen LogP contribution in [0.2, 0.25) is 0 Å². The number of aromatic nitrogens is 2. The number of hydrogen-bond acceptors (Lipinski definition) is 11. The van der Waals surface area contributed by atoms with Crippen LogP contribution in [0.25, 0.3) is 32.1 Å².